The van der Waals surface area contributed by atoms with Crippen LogP contribution < -0.4 is 0 Å². The van der Waals surface area contributed by atoms with Crippen LogP contribution in [0.2, 0.25) is 0 Å². The second-order valence-electron chi connectivity index (χ2n) is 13.6. The molecule has 0 saturated carbocycles. The van der Waals surface area contributed by atoms with Crippen molar-refractivity contribution >= 4 is 55.4 Å². The van der Waals surface area contributed by atoms with Gasteiger partial charge in [-0.15, -0.1) is 0 Å². The fourth-order valence-corrected chi connectivity index (χ4v) is 10.3. The average molecular weight is 682 g/mol. The van der Waals surface area contributed by atoms with Crippen LogP contribution in [0.3, 0.4) is 0 Å². The van der Waals surface area contributed by atoms with E-state index in [0.717, 1.165) is 56.0 Å². The van der Waals surface area contributed by atoms with E-state index >= 15 is 0 Å². The predicted molar refractivity (Wildman–Crippen MR) is 210 cm³/mol. The third-order valence-electron chi connectivity index (χ3n) is 11.2. The first-order valence-corrected chi connectivity index (χ1v) is 18.3. The minimum Gasteiger partial charge on any atom is -0.308 e. The molecule has 52 heavy (non-hydrogen) atoms. The van der Waals surface area contributed by atoms with E-state index in [0.29, 0.717) is 0 Å². The second-order valence-corrected chi connectivity index (χ2v) is 14.7. The second kappa shape index (κ2) is 10.3. The van der Waals surface area contributed by atoms with Crippen LogP contribution in [0.1, 0.15) is 22.3 Å². The Morgan fingerprint density at radius 2 is 0.865 bits per heavy atom. The van der Waals surface area contributed by atoms with Gasteiger partial charge in [0.1, 0.15) is 0 Å². The number of nitrogens with zero attached hydrogens (tertiary/aromatic N) is 5. The minimum atomic E-state index is -0.648. The summed E-state index contributed by atoms with van der Waals surface area (Å²) in [5.74, 6) is 0. The maximum Gasteiger partial charge on any atom is 0.0939 e. The summed E-state index contributed by atoms with van der Waals surface area (Å²) in [5.41, 5.74) is 12.5. The molecule has 0 radical (unpaired) electrons. The van der Waals surface area contributed by atoms with Gasteiger partial charge in [0.25, 0.3) is 0 Å². The molecule has 6 heterocycles. The zero-order chi connectivity index (χ0) is 34.0. The van der Waals surface area contributed by atoms with Crippen molar-refractivity contribution in [2.75, 3.05) is 0 Å². The summed E-state index contributed by atoms with van der Waals surface area (Å²) in [7, 11) is 0. The maximum absolute atomic E-state index is 5.35. The largest absolute Gasteiger partial charge is 0.308 e. The number of fused-ring (bicyclic) bond motifs is 15. The van der Waals surface area contributed by atoms with Crippen LogP contribution in [0.4, 0.5) is 0 Å². The van der Waals surface area contributed by atoms with E-state index < -0.39 is 5.41 Å². The molecule has 1 spiro atoms. The number of benzene rings is 5. The molecule has 0 atom stereocenters. The quantitative estimate of drug-likeness (QED) is 0.182. The molecule has 0 bridgehead atoms. The van der Waals surface area contributed by atoms with Crippen molar-refractivity contribution < 1.29 is 0 Å². The summed E-state index contributed by atoms with van der Waals surface area (Å²) in [5, 5.41) is 4.83. The Morgan fingerprint density at radius 1 is 0.423 bits per heavy atom. The molecule has 10 aromatic rings. The van der Waals surface area contributed by atoms with Gasteiger partial charge in [0, 0.05) is 48.7 Å². The normalized spacial score (nSPS) is 13.8. The van der Waals surface area contributed by atoms with Crippen molar-refractivity contribution in [1.29, 1.82) is 0 Å². The SMILES string of the molecule is c1ccc2c(c1)Sc1ccccc1C21c2cc(-n3c4ccccc4c4ccccc43)cnc2-c2ncc(-n3c4ccccc4c4ccncc43)cc21. The molecule has 0 amide bonds. The van der Waals surface area contributed by atoms with Crippen LogP contribution in [-0.4, -0.2) is 24.1 Å². The van der Waals surface area contributed by atoms with E-state index in [1.807, 2.05) is 36.5 Å². The van der Waals surface area contributed by atoms with Gasteiger partial charge in [-0.1, -0.05) is 103 Å². The zero-order valence-electron chi connectivity index (χ0n) is 27.7. The monoisotopic (exact) mass is 681 g/mol. The zero-order valence-corrected chi connectivity index (χ0v) is 28.5. The van der Waals surface area contributed by atoms with E-state index in [-0.39, 0.29) is 0 Å². The van der Waals surface area contributed by atoms with Crippen molar-refractivity contribution in [2.45, 2.75) is 15.2 Å². The molecule has 5 aromatic carbocycles. The highest BCUT2D eigenvalue weighted by Crippen LogP contribution is 2.62. The first-order valence-electron chi connectivity index (χ1n) is 17.5. The lowest BCUT2D eigenvalue weighted by Crippen LogP contribution is -2.32. The molecular weight excluding hydrogens is 655 g/mol. The Bertz CT molecular complexity index is 2820. The lowest BCUT2D eigenvalue weighted by atomic mass is 9.67. The van der Waals surface area contributed by atoms with Gasteiger partial charge in [-0.2, -0.15) is 0 Å². The van der Waals surface area contributed by atoms with Gasteiger partial charge in [0.05, 0.1) is 68.8 Å². The molecule has 5 aromatic heterocycles. The summed E-state index contributed by atoms with van der Waals surface area (Å²) in [6, 6.07) is 50.6. The first kappa shape index (κ1) is 28.2. The van der Waals surface area contributed by atoms with Crippen molar-refractivity contribution in [3.05, 3.63) is 187 Å². The molecule has 0 fully saturated rings. The lowest BCUT2D eigenvalue weighted by Gasteiger charge is -2.39. The molecule has 1 aliphatic heterocycles. The molecule has 0 saturated heterocycles. The molecule has 0 N–H and O–H groups in total. The molecule has 2 aliphatic rings. The van der Waals surface area contributed by atoms with E-state index in [1.165, 1.54) is 42.5 Å². The third kappa shape index (κ3) is 3.52. The number of para-hydroxylation sites is 3. The number of hydrogen-bond donors (Lipinski definition) is 0. The van der Waals surface area contributed by atoms with Crippen LogP contribution in [0.25, 0.3) is 66.4 Å². The molecule has 5 nitrogen and oxygen atoms in total. The molecule has 6 heteroatoms. The maximum atomic E-state index is 5.35. The Morgan fingerprint density at radius 3 is 1.40 bits per heavy atom. The van der Waals surface area contributed by atoms with Gasteiger partial charge in [0.2, 0.25) is 0 Å². The van der Waals surface area contributed by atoms with Crippen LogP contribution >= 0.6 is 11.8 Å². The first-order chi connectivity index (χ1) is 25.8. The minimum absolute atomic E-state index is 0.648. The summed E-state index contributed by atoms with van der Waals surface area (Å²) < 4.78 is 4.68. The van der Waals surface area contributed by atoms with Crippen LogP contribution in [-0.2, 0) is 5.41 Å². The Kier molecular flexibility index (Phi) is 5.58. The summed E-state index contributed by atoms with van der Waals surface area (Å²) in [6.45, 7) is 0. The topological polar surface area (TPSA) is 48.5 Å². The molecular formula is C46H27N5S. The van der Waals surface area contributed by atoms with Crippen molar-refractivity contribution in [3.8, 4) is 22.8 Å². The highest BCUT2D eigenvalue weighted by molar-refractivity contribution is 7.99. The summed E-state index contributed by atoms with van der Waals surface area (Å²) in [4.78, 5) is 17.7. The lowest BCUT2D eigenvalue weighted by molar-refractivity contribution is 0.718. The van der Waals surface area contributed by atoms with E-state index in [9.17, 15) is 0 Å². The Labute approximate surface area is 302 Å². The molecule has 12 rings (SSSR count). The highest BCUT2D eigenvalue weighted by Gasteiger charge is 2.52. The highest BCUT2D eigenvalue weighted by atomic mass is 32.2. The third-order valence-corrected chi connectivity index (χ3v) is 12.3. The van der Waals surface area contributed by atoms with Crippen LogP contribution in [0.15, 0.2) is 174 Å². The van der Waals surface area contributed by atoms with E-state index in [2.05, 4.69) is 154 Å². The van der Waals surface area contributed by atoms with E-state index in [4.69, 9.17) is 9.97 Å². The van der Waals surface area contributed by atoms with Crippen LogP contribution in [0.5, 0.6) is 0 Å². The van der Waals surface area contributed by atoms with Crippen molar-refractivity contribution in [2.24, 2.45) is 0 Å². The Hall–Kier alpha value is -6.50. The number of hydrogen-bond acceptors (Lipinski definition) is 4. The Balaban J connectivity index is 1.21. The van der Waals surface area contributed by atoms with Gasteiger partial charge in [0.15, 0.2) is 0 Å². The molecule has 242 valence electrons. The van der Waals surface area contributed by atoms with Crippen LogP contribution in [0, 0.1) is 0 Å². The number of rotatable bonds is 2. The fraction of sp³-hybridized carbons (Fsp3) is 0.0217. The van der Waals surface area contributed by atoms with Gasteiger partial charge < -0.3 is 9.13 Å². The fourth-order valence-electron chi connectivity index (χ4n) is 9.12. The van der Waals surface area contributed by atoms with E-state index in [1.54, 1.807) is 0 Å². The smallest absolute Gasteiger partial charge is 0.0939 e. The van der Waals surface area contributed by atoms with Crippen molar-refractivity contribution in [1.82, 2.24) is 24.1 Å². The van der Waals surface area contributed by atoms with Gasteiger partial charge >= 0.3 is 0 Å². The van der Waals surface area contributed by atoms with Gasteiger partial charge in [-0.05, 0) is 59.7 Å². The number of aromatic nitrogens is 5. The summed E-state index contributed by atoms with van der Waals surface area (Å²) in [6.07, 6.45) is 7.89. The standard InChI is InChI=1S/C46H27N5S/c1-6-16-38-30(11-1)31-12-2-7-17-39(31)50(38)28-23-36-44(48-25-28)45-37(46(36)34-14-4-9-19-42(34)52-43-20-10-5-15-35(43)46)24-29(26-49-45)51-40-18-8-3-13-32(40)33-21-22-47-27-41(33)51/h1-27H. The van der Waals surface area contributed by atoms with Gasteiger partial charge in [-0.3, -0.25) is 15.0 Å². The predicted octanol–water partition coefficient (Wildman–Crippen LogP) is 10.9. The average Bonchev–Trinajstić information content (AvgIpc) is 3.82. The number of pyridine rings is 3. The van der Waals surface area contributed by atoms with Crippen molar-refractivity contribution in [3.63, 3.8) is 0 Å². The molecule has 1 aliphatic carbocycles. The van der Waals surface area contributed by atoms with Gasteiger partial charge in [-0.25, -0.2) is 0 Å². The molecule has 0 unspecified atom stereocenters. The summed E-state index contributed by atoms with van der Waals surface area (Å²) >= 11 is 1.84.